The summed E-state index contributed by atoms with van der Waals surface area (Å²) in [6.45, 7) is 6.87. The van der Waals surface area contributed by atoms with Crippen molar-refractivity contribution in [2.45, 2.75) is 45.2 Å². The molecule has 3 heterocycles. The van der Waals surface area contributed by atoms with E-state index >= 15 is 0 Å². The van der Waals surface area contributed by atoms with Gasteiger partial charge < -0.3 is 19.6 Å². The molecule has 0 spiro atoms. The van der Waals surface area contributed by atoms with Gasteiger partial charge in [-0.3, -0.25) is 9.89 Å². The zero-order chi connectivity index (χ0) is 21.5. The van der Waals surface area contributed by atoms with Crippen LogP contribution in [0.15, 0.2) is 52.1 Å². The second-order valence-corrected chi connectivity index (χ2v) is 8.16. The zero-order valence-electron chi connectivity index (χ0n) is 18.7. The maximum Gasteiger partial charge on any atom is 0.191 e. The van der Waals surface area contributed by atoms with E-state index in [4.69, 9.17) is 4.42 Å². The van der Waals surface area contributed by atoms with E-state index in [1.54, 1.807) is 6.26 Å². The van der Waals surface area contributed by atoms with Crippen LogP contribution in [0.5, 0.6) is 0 Å². The second kappa shape index (κ2) is 10.5. The predicted molar refractivity (Wildman–Crippen MR) is 125 cm³/mol. The predicted octanol–water partition coefficient (Wildman–Crippen LogP) is 3.72. The number of para-hydroxylation sites is 2. The van der Waals surface area contributed by atoms with Crippen molar-refractivity contribution in [2.24, 2.45) is 4.99 Å². The highest BCUT2D eigenvalue weighted by molar-refractivity contribution is 5.79. The van der Waals surface area contributed by atoms with Gasteiger partial charge in [0.05, 0.1) is 23.3 Å². The van der Waals surface area contributed by atoms with E-state index in [0.29, 0.717) is 0 Å². The summed E-state index contributed by atoms with van der Waals surface area (Å²) in [5.74, 6) is 2.92. The average molecular weight is 423 g/mol. The van der Waals surface area contributed by atoms with Crippen LogP contribution in [0, 0.1) is 6.92 Å². The summed E-state index contributed by atoms with van der Waals surface area (Å²) in [6.07, 6.45) is 6.60. The van der Waals surface area contributed by atoms with Crippen LogP contribution < -0.4 is 10.6 Å². The number of hydrogen-bond donors (Lipinski definition) is 2. The van der Waals surface area contributed by atoms with Gasteiger partial charge in [-0.25, -0.2) is 4.98 Å². The normalized spacial score (nSPS) is 16.5. The number of benzene rings is 1. The van der Waals surface area contributed by atoms with Crippen LogP contribution >= 0.6 is 0 Å². The number of rotatable bonds is 8. The summed E-state index contributed by atoms with van der Waals surface area (Å²) in [6, 6.07) is 12.6. The van der Waals surface area contributed by atoms with E-state index in [1.807, 2.05) is 19.2 Å². The van der Waals surface area contributed by atoms with Crippen molar-refractivity contribution in [3.63, 3.8) is 0 Å². The van der Waals surface area contributed by atoms with E-state index < -0.39 is 0 Å². The first-order chi connectivity index (χ1) is 15.3. The number of aliphatic imine (C=N–C) groups is 1. The molecule has 7 heteroatoms. The fourth-order valence-electron chi connectivity index (χ4n) is 4.46. The fraction of sp³-hybridized carbons (Fsp3) is 0.500. The molecule has 31 heavy (non-hydrogen) atoms. The molecule has 1 unspecified atom stereocenters. The van der Waals surface area contributed by atoms with Crippen molar-refractivity contribution in [3.05, 3.63) is 54.2 Å². The number of nitrogens with one attached hydrogen (secondary N) is 2. The number of furan rings is 1. The Morgan fingerprint density at radius 2 is 1.97 bits per heavy atom. The molecule has 0 amide bonds. The lowest BCUT2D eigenvalue weighted by molar-refractivity contribution is 0.146. The van der Waals surface area contributed by atoms with E-state index in [0.717, 1.165) is 62.2 Å². The Bertz CT molecular complexity index is 971. The van der Waals surface area contributed by atoms with Gasteiger partial charge in [0.25, 0.3) is 0 Å². The molecule has 1 saturated heterocycles. The lowest BCUT2D eigenvalue weighted by atomic mass is 10.1. The van der Waals surface area contributed by atoms with E-state index in [1.165, 1.54) is 24.8 Å². The van der Waals surface area contributed by atoms with Crippen LogP contribution in [-0.2, 0) is 6.54 Å². The van der Waals surface area contributed by atoms with Crippen molar-refractivity contribution >= 4 is 17.0 Å². The Balaban J connectivity index is 1.28. The highest BCUT2D eigenvalue weighted by atomic mass is 16.3. The molecule has 166 valence electrons. The van der Waals surface area contributed by atoms with Gasteiger partial charge in [0.2, 0.25) is 0 Å². The number of piperidine rings is 1. The average Bonchev–Trinajstić information content (AvgIpc) is 3.44. The van der Waals surface area contributed by atoms with Gasteiger partial charge in [0.15, 0.2) is 5.96 Å². The quantitative estimate of drug-likeness (QED) is 0.329. The van der Waals surface area contributed by atoms with Crippen LogP contribution in [0.1, 0.15) is 43.3 Å². The lowest BCUT2D eigenvalue weighted by Crippen LogP contribution is -2.44. The van der Waals surface area contributed by atoms with Gasteiger partial charge >= 0.3 is 0 Å². The van der Waals surface area contributed by atoms with E-state index in [2.05, 4.69) is 61.3 Å². The summed E-state index contributed by atoms with van der Waals surface area (Å²) in [5.41, 5.74) is 2.26. The van der Waals surface area contributed by atoms with E-state index in [9.17, 15) is 0 Å². The molecule has 2 N–H and O–H groups in total. The van der Waals surface area contributed by atoms with Crippen molar-refractivity contribution in [3.8, 4) is 0 Å². The maximum absolute atomic E-state index is 5.75. The summed E-state index contributed by atoms with van der Waals surface area (Å²) in [5, 5.41) is 6.97. The Kier molecular flexibility index (Phi) is 7.25. The molecule has 2 aromatic heterocycles. The molecule has 0 radical (unpaired) electrons. The van der Waals surface area contributed by atoms with Gasteiger partial charge in [-0.15, -0.1) is 0 Å². The zero-order valence-corrected chi connectivity index (χ0v) is 18.7. The third-order valence-electron chi connectivity index (χ3n) is 6.09. The standard InChI is InChI=1S/C24H34N6O/c1-19-28-20-10-4-5-11-21(20)30(19)16-9-13-26-24(25-2)27-18-22(23-12-8-17-31-23)29-14-6-3-7-15-29/h4-5,8,10-12,17,22H,3,6-7,9,13-16,18H2,1-2H3,(H2,25,26,27). The second-order valence-electron chi connectivity index (χ2n) is 8.16. The molecule has 0 saturated carbocycles. The van der Waals surface area contributed by atoms with Crippen LogP contribution in [0.25, 0.3) is 11.0 Å². The number of fused-ring (bicyclic) bond motifs is 1. The van der Waals surface area contributed by atoms with Crippen molar-refractivity contribution < 1.29 is 4.42 Å². The summed E-state index contributed by atoms with van der Waals surface area (Å²) >= 11 is 0. The molecule has 1 aliphatic heterocycles. The molecule has 4 rings (SSSR count). The molecule has 0 aliphatic carbocycles. The SMILES string of the molecule is CN=C(NCCCn1c(C)nc2ccccc21)NCC(c1ccco1)N1CCCCC1. The molecule has 0 bridgehead atoms. The van der Waals surface area contributed by atoms with Gasteiger partial charge in [-0.1, -0.05) is 18.6 Å². The summed E-state index contributed by atoms with van der Waals surface area (Å²) < 4.78 is 8.04. The Labute approximate surface area is 184 Å². The summed E-state index contributed by atoms with van der Waals surface area (Å²) in [4.78, 5) is 11.6. The Morgan fingerprint density at radius 1 is 1.13 bits per heavy atom. The van der Waals surface area contributed by atoms with Crippen LogP contribution in [0.4, 0.5) is 0 Å². The molecule has 3 aromatic rings. The van der Waals surface area contributed by atoms with Gasteiger partial charge in [0.1, 0.15) is 11.6 Å². The van der Waals surface area contributed by atoms with Crippen molar-refractivity contribution in [1.29, 1.82) is 0 Å². The van der Waals surface area contributed by atoms with Gasteiger partial charge in [0, 0.05) is 26.7 Å². The first kappa shape index (κ1) is 21.4. The highest BCUT2D eigenvalue weighted by Crippen LogP contribution is 2.24. The molecule has 1 atom stereocenters. The number of guanidine groups is 1. The molecule has 1 aliphatic rings. The molecule has 1 aromatic carbocycles. The first-order valence-corrected chi connectivity index (χ1v) is 11.4. The number of likely N-dealkylation sites (tertiary alicyclic amines) is 1. The van der Waals surface area contributed by atoms with Gasteiger partial charge in [-0.05, 0) is 63.5 Å². The number of aromatic nitrogens is 2. The molecular weight excluding hydrogens is 388 g/mol. The number of hydrogen-bond acceptors (Lipinski definition) is 4. The third kappa shape index (κ3) is 5.28. The third-order valence-corrected chi connectivity index (χ3v) is 6.09. The minimum atomic E-state index is 0.230. The summed E-state index contributed by atoms with van der Waals surface area (Å²) in [7, 11) is 1.83. The monoisotopic (exact) mass is 422 g/mol. The minimum Gasteiger partial charge on any atom is -0.468 e. The molecular formula is C24H34N6O. The lowest BCUT2D eigenvalue weighted by Gasteiger charge is -2.33. The molecule has 1 fully saturated rings. The highest BCUT2D eigenvalue weighted by Gasteiger charge is 2.24. The van der Waals surface area contributed by atoms with E-state index in [-0.39, 0.29) is 6.04 Å². The van der Waals surface area contributed by atoms with Crippen molar-refractivity contribution in [2.75, 3.05) is 33.2 Å². The molecule has 7 nitrogen and oxygen atoms in total. The van der Waals surface area contributed by atoms with Crippen LogP contribution in [0.2, 0.25) is 0 Å². The number of aryl methyl sites for hydroxylation is 2. The number of imidazole rings is 1. The maximum atomic E-state index is 5.75. The van der Waals surface area contributed by atoms with Gasteiger partial charge in [-0.2, -0.15) is 0 Å². The smallest absolute Gasteiger partial charge is 0.191 e. The van der Waals surface area contributed by atoms with Crippen molar-refractivity contribution in [1.82, 2.24) is 25.1 Å². The Morgan fingerprint density at radius 3 is 2.74 bits per heavy atom. The largest absolute Gasteiger partial charge is 0.468 e. The number of nitrogens with zero attached hydrogens (tertiary/aromatic N) is 4. The topological polar surface area (TPSA) is 70.6 Å². The van der Waals surface area contributed by atoms with Crippen LogP contribution in [0.3, 0.4) is 0 Å². The van der Waals surface area contributed by atoms with Crippen LogP contribution in [-0.4, -0.2) is 53.6 Å². The first-order valence-electron chi connectivity index (χ1n) is 11.4. The minimum absolute atomic E-state index is 0.230. The Hall–Kier alpha value is -2.80. The fourth-order valence-corrected chi connectivity index (χ4v) is 4.46.